The third kappa shape index (κ3) is 2.03. The standard InChI is InChI=1S/C14H19N3O2S/c1-3-10-8(2)20-12-11(10)13(18)17(14(19)16-12)9-4-6-15-7-5-9/h9,15H,3-7H2,1-2H3,(H,16,19). The van der Waals surface area contributed by atoms with Crippen LogP contribution in [0.25, 0.3) is 10.2 Å². The van der Waals surface area contributed by atoms with Crippen LogP contribution in [0.5, 0.6) is 0 Å². The van der Waals surface area contributed by atoms with E-state index in [1.165, 1.54) is 15.9 Å². The first-order chi connectivity index (χ1) is 9.63. The van der Waals surface area contributed by atoms with Crippen molar-refractivity contribution in [1.82, 2.24) is 14.9 Å². The van der Waals surface area contributed by atoms with Crippen LogP contribution >= 0.6 is 11.3 Å². The summed E-state index contributed by atoms with van der Waals surface area (Å²) in [4.78, 5) is 29.8. The molecule has 2 aromatic rings. The van der Waals surface area contributed by atoms with E-state index in [4.69, 9.17) is 0 Å². The largest absolute Gasteiger partial charge is 0.329 e. The van der Waals surface area contributed by atoms with E-state index >= 15 is 0 Å². The molecule has 0 atom stereocenters. The Morgan fingerprint density at radius 1 is 1.30 bits per heavy atom. The fourth-order valence-electron chi connectivity index (χ4n) is 3.09. The predicted octanol–water partition coefficient (Wildman–Crippen LogP) is 1.55. The molecule has 2 aromatic heterocycles. The summed E-state index contributed by atoms with van der Waals surface area (Å²) in [7, 11) is 0. The minimum atomic E-state index is -0.265. The monoisotopic (exact) mass is 293 g/mol. The number of hydrogen-bond donors (Lipinski definition) is 2. The molecule has 3 rings (SSSR count). The van der Waals surface area contributed by atoms with Crippen LogP contribution in [0.15, 0.2) is 9.59 Å². The van der Waals surface area contributed by atoms with Crippen LogP contribution in [-0.2, 0) is 6.42 Å². The summed E-state index contributed by atoms with van der Waals surface area (Å²) in [6.45, 7) is 5.78. The second-order valence-corrected chi connectivity index (χ2v) is 6.51. The van der Waals surface area contributed by atoms with E-state index in [1.807, 2.05) is 13.8 Å². The van der Waals surface area contributed by atoms with Gasteiger partial charge in [-0.15, -0.1) is 11.3 Å². The topological polar surface area (TPSA) is 66.9 Å². The molecule has 0 aromatic carbocycles. The molecule has 0 radical (unpaired) electrons. The number of piperidine rings is 1. The third-order valence-corrected chi connectivity index (χ3v) is 5.17. The molecule has 0 unspecified atom stereocenters. The van der Waals surface area contributed by atoms with Gasteiger partial charge in [-0.25, -0.2) is 4.79 Å². The minimum Gasteiger partial charge on any atom is -0.317 e. The van der Waals surface area contributed by atoms with Crippen LogP contribution in [0.1, 0.15) is 36.2 Å². The van der Waals surface area contributed by atoms with Gasteiger partial charge in [0.05, 0.1) is 5.39 Å². The Balaban J connectivity index is 2.27. The summed E-state index contributed by atoms with van der Waals surface area (Å²) in [5.41, 5.74) is 0.698. The average molecular weight is 293 g/mol. The average Bonchev–Trinajstić information content (AvgIpc) is 2.75. The molecule has 20 heavy (non-hydrogen) atoms. The lowest BCUT2D eigenvalue weighted by Gasteiger charge is -2.23. The van der Waals surface area contributed by atoms with E-state index in [0.29, 0.717) is 5.39 Å². The maximum atomic E-state index is 12.8. The second-order valence-electron chi connectivity index (χ2n) is 5.28. The number of H-pyrrole nitrogens is 1. The molecule has 0 amide bonds. The number of aromatic amines is 1. The number of nitrogens with one attached hydrogen (secondary N) is 2. The Morgan fingerprint density at radius 2 is 2.00 bits per heavy atom. The van der Waals surface area contributed by atoms with Crippen molar-refractivity contribution in [3.63, 3.8) is 0 Å². The van der Waals surface area contributed by atoms with Crippen molar-refractivity contribution in [2.45, 2.75) is 39.2 Å². The van der Waals surface area contributed by atoms with Crippen molar-refractivity contribution in [2.75, 3.05) is 13.1 Å². The zero-order chi connectivity index (χ0) is 14.3. The second kappa shape index (κ2) is 5.18. The molecular formula is C14H19N3O2S. The van der Waals surface area contributed by atoms with Crippen LogP contribution in [-0.4, -0.2) is 22.6 Å². The van der Waals surface area contributed by atoms with Crippen molar-refractivity contribution in [3.05, 3.63) is 31.3 Å². The van der Waals surface area contributed by atoms with Gasteiger partial charge in [0.1, 0.15) is 4.83 Å². The van der Waals surface area contributed by atoms with Crippen molar-refractivity contribution in [3.8, 4) is 0 Å². The molecular weight excluding hydrogens is 274 g/mol. The molecule has 0 spiro atoms. The maximum absolute atomic E-state index is 12.8. The van der Waals surface area contributed by atoms with Gasteiger partial charge in [-0.2, -0.15) is 0 Å². The maximum Gasteiger partial charge on any atom is 0.329 e. The van der Waals surface area contributed by atoms with Crippen molar-refractivity contribution < 1.29 is 0 Å². The minimum absolute atomic E-state index is 0.0156. The highest BCUT2D eigenvalue weighted by Gasteiger charge is 2.22. The van der Waals surface area contributed by atoms with Gasteiger partial charge in [-0.05, 0) is 44.8 Å². The van der Waals surface area contributed by atoms with Crippen molar-refractivity contribution in [1.29, 1.82) is 0 Å². The lowest BCUT2D eigenvalue weighted by molar-refractivity contribution is 0.352. The fourth-order valence-corrected chi connectivity index (χ4v) is 4.21. The molecule has 0 saturated carbocycles. The summed E-state index contributed by atoms with van der Waals surface area (Å²) in [5.74, 6) is 0. The lowest BCUT2D eigenvalue weighted by atomic mass is 10.1. The smallest absolute Gasteiger partial charge is 0.317 e. The molecule has 0 aliphatic carbocycles. The van der Waals surface area contributed by atoms with Gasteiger partial charge >= 0.3 is 5.69 Å². The zero-order valence-electron chi connectivity index (χ0n) is 11.8. The normalized spacial score (nSPS) is 16.9. The van der Waals surface area contributed by atoms with Gasteiger partial charge in [0.15, 0.2) is 0 Å². The quantitative estimate of drug-likeness (QED) is 0.883. The van der Waals surface area contributed by atoms with Gasteiger partial charge < -0.3 is 5.32 Å². The van der Waals surface area contributed by atoms with E-state index in [1.54, 1.807) is 0 Å². The van der Waals surface area contributed by atoms with E-state index in [2.05, 4.69) is 10.3 Å². The molecule has 1 aliphatic rings. The first kappa shape index (κ1) is 13.6. The van der Waals surface area contributed by atoms with E-state index in [0.717, 1.165) is 47.6 Å². The van der Waals surface area contributed by atoms with Crippen LogP contribution in [0.4, 0.5) is 0 Å². The Labute approximate surface area is 120 Å². The molecule has 0 bridgehead atoms. The van der Waals surface area contributed by atoms with Gasteiger partial charge in [0, 0.05) is 10.9 Å². The Hall–Kier alpha value is -1.40. The predicted molar refractivity (Wildman–Crippen MR) is 82.0 cm³/mol. The number of rotatable bonds is 2. The highest BCUT2D eigenvalue weighted by atomic mass is 32.1. The van der Waals surface area contributed by atoms with E-state index in [-0.39, 0.29) is 17.3 Å². The van der Waals surface area contributed by atoms with Gasteiger partial charge in [-0.1, -0.05) is 6.92 Å². The molecule has 6 heteroatoms. The number of aromatic nitrogens is 2. The van der Waals surface area contributed by atoms with E-state index in [9.17, 15) is 9.59 Å². The van der Waals surface area contributed by atoms with Crippen molar-refractivity contribution >= 4 is 21.6 Å². The summed E-state index contributed by atoms with van der Waals surface area (Å²) >= 11 is 1.51. The fraction of sp³-hybridized carbons (Fsp3) is 0.571. The lowest BCUT2D eigenvalue weighted by Crippen LogP contribution is -2.42. The molecule has 1 saturated heterocycles. The van der Waals surface area contributed by atoms with Crippen molar-refractivity contribution in [2.24, 2.45) is 0 Å². The van der Waals surface area contributed by atoms with Crippen LogP contribution < -0.4 is 16.6 Å². The number of aryl methyl sites for hydroxylation is 2. The molecule has 108 valence electrons. The number of nitrogens with zero attached hydrogens (tertiary/aromatic N) is 1. The molecule has 2 N–H and O–H groups in total. The van der Waals surface area contributed by atoms with Gasteiger partial charge in [-0.3, -0.25) is 14.3 Å². The number of thiophene rings is 1. The summed E-state index contributed by atoms with van der Waals surface area (Å²) in [6.07, 6.45) is 2.48. The SMILES string of the molecule is CCc1c(C)sc2[nH]c(=O)n(C3CCNCC3)c(=O)c12. The van der Waals surface area contributed by atoms with Gasteiger partial charge in [0.25, 0.3) is 5.56 Å². The zero-order valence-corrected chi connectivity index (χ0v) is 12.6. The highest BCUT2D eigenvalue weighted by molar-refractivity contribution is 7.18. The molecule has 1 aliphatic heterocycles. The summed E-state index contributed by atoms with van der Waals surface area (Å²) in [5, 5.41) is 3.98. The van der Waals surface area contributed by atoms with Gasteiger partial charge in [0.2, 0.25) is 0 Å². The summed E-state index contributed by atoms with van der Waals surface area (Å²) < 4.78 is 1.44. The molecule has 3 heterocycles. The Bertz CT molecular complexity index is 750. The van der Waals surface area contributed by atoms with Crippen LogP contribution in [0, 0.1) is 6.92 Å². The highest BCUT2D eigenvalue weighted by Crippen LogP contribution is 2.27. The first-order valence-electron chi connectivity index (χ1n) is 7.11. The number of fused-ring (bicyclic) bond motifs is 1. The van der Waals surface area contributed by atoms with Crippen LogP contribution in [0.3, 0.4) is 0 Å². The van der Waals surface area contributed by atoms with E-state index < -0.39 is 0 Å². The Morgan fingerprint density at radius 3 is 2.65 bits per heavy atom. The summed E-state index contributed by atoms with van der Waals surface area (Å²) in [6, 6.07) is 0.0156. The van der Waals surface area contributed by atoms with Crippen LogP contribution in [0.2, 0.25) is 0 Å². The first-order valence-corrected chi connectivity index (χ1v) is 7.92. The third-order valence-electron chi connectivity index (χ3n) is 4.11. The molecule has 1 fully saturated rings. The number of hydrogen-bond acceptors (Lipinski definition) is 4. The Kier molecular flexibility index (Phi) is 3.52. The molecule has 5 nitrogen and oxygen atoms in total.